The van der Waals surface area contributed by atoms with Crippen LogP contribution in [-0.2, 0) is 26.2 Å². The third-order valence-corrected chi connectivity index (χ3v) is 8.06. The molecule has 1 atom stereocenters. The number of amides is 2. The molecule has 0 aliphatic heterocycles. The molecule has 0 aliphatic rings. The van der Waals surface area contributed by atoms with E-state index in [1.807, 2.05) is 44.2 Å². The SMILES string of the molecule is CNC(=O)[C@H](C)N(Cc1ccccc1C)C(=O)CN(c1ccccc1C)S(=O)(=O)c1ccc(C)cc1. The topological polar surface area (TPSA) is 86.8 Å². The van der Waals surface area contributed by atoms with Gasteiger partial charge in [0.1, 0.15) is 12.6 Å². The Kier molecular flexibility index (Phi) is 8.53. The number of carbonyl (C=O) groups excluding carboxylic acids is 2. The molecule has 3 rings (SSSR count). The van der Waals surface area contributed by atoms with Crippen LogP contribution in [0.4, 0.5) is 5.69 Å². The van der Waals surface area contributed by atoms with Crippen molar-refractivity contribution in [2.75, 3.05) is 17.9 Å². The molecule has 3 aromatic rings. The van der Waals surface area contributed by atoms with E-state index in [1.165, 1.54) is 11.9 Å². The Hall–Kier alpha value is -3.65. The molecular weight excluding hydrogens is 474 g/mol. The average molecular weight is 508 g/mol. The van der Waals surface area contributed by atoms with Crippen molar-refractivity contribution in [3.8, 4) is 0 Å². The minimum absolute atomic E-state index is 0.0916. The molecule has 0 aromatic heterocycles. The van der Waals surface area contributed by atoms with Crippen molar-refractivity contribution in [1.82, 2.24) is 10.2 Å². The summed E-state index contributed by atoms with van der Waals surface area (Å²) in [6.07, 6.45) is 0. The minimum atomic E-state index is -4.07. The Labute approximate surface area is 213 Å². The summed E-state index contributed by atoms with van der Waals surface area (Å²) in [4.78, 5) is 27.9. The smallest absolute Gasteiger partial charge is 0.264 e. The Morgan fingerprint density at radius 2 is 1.44 bits per heavy atom. The van der Waals surface area contributed by atoms with Crippen LogP contribution in [0.2, 0.25) is 0 Å². The quantitative estimate of drug-likeness (QED) is 0.475. The van der Waals surface area contributed by atoms with Gasteiger partial charge in [-0.05, 0) is 62.6 Å². The van der Waals surface area contributed by atoms with Gasteiger partial charge in [0.25, 0.3) is 10.0 Å². The van der Waals surface area contributed by atoms with Gasteiger partial charge in [0.15, 0.2) is 0 Å². The van der Waals surface area contributed by atoms with Gasteiger partial charge < -0.3 is 10.2 Å². The predicted octanol–water partition coefficient (Wildman–Crippen LogP) is 3.97. The van der Waals surface area contributed by atoms with Crippen LogP contribution >= 0.6 is 0 Å². The lowest BCUT2D eigenvalue weighted by Crippen LogP contribution is -2.50. The summed E-state index contributed by atoms with van der Waals surface area (Å²) in [5.41, 5.74) is 3.91. The molecule has 0 radical (unpaired) electrons. The second-order valence-electron chi connectivity index (χ2n) is 8.85. The fraction of sp³-hybridized carbons (Fsp3) is 0.286. The molecule has 36 heavy (non-hydrogen) atoms. The summed E-state index contributed by atoms with van der Waals surface area (Å²) in [7, 11) is -2.56. The van der Waals surface area contributed by atoms with Crippen molar-refractivity contribution in [2.45, 2.75) is 45.2 Å². The molecule has 0 heterocycles. The van der Waals surface area contributed by atoms with Crippen LogP contribution in [0.25, 0.3) is 0 Å². The Bertz CT molecular complexity index is 1340. The molecule has 0 spiro atoms. The molecule has 2 amide bonds. The number of sulfonamides is 1. The predicted molar refractivity (Wildman–Crippen MR) is 142 cm³/mol. The van der Waals surface area contributed by atoms with E-state index in [9.17, 15) is 18.0 Å². The molecular formula is C28H33N3O4S. The van der Waals surface area contributed by atoms with E-state index in [0.29, 0.717) is 11.3 Å². The number of nitrogens with zero attached hydrogens (tertiary/aromatic N) is 2. The van der Waals surface area contributed by atoms with Crippen LogP contribution in [0.5, 0.6) is 0 Å². The first-order valence-corrected chi connectivity index (χ1v) is 13.2. The summed E-state index contributed by atoms with van der Waals surface area (Å²) in [6, 6.07) is 20.4. The molecule has 190 valence electrons. The highest BCUT2D eigenvalue weighted by atomic mass is 32.2. The Morgan fingerprint density at radius 3 is 2.03 bits per heavy atom. The van der Waals surface area contributed by atoms with E-state index >= 15 is 0 Å². The van der Waals surface area contributed by atoms with Gasteiger partial charge in [-0.3, -0.25) is 13.9 Å². The number of aryl methyl sites for hydroxylation is 3. The maximum absolute atomic E-state index is 13.8. The van der Waals surface area contributed by atoms with Crippen LogP contribution in [0, 0.1) is 20.8 Å². The molecule has 0 bridgehead atoms. The van der Waals surface area contributed by atoms with Crippen LogP contribution in [0.1, 0.15) is 29.2 Å². The lowest BCUT2D eigenvalue weighted by atomic mass is 10.1. The zero-order valence-electron chi connectivity index (χ0n) is 21.4. The number of hydrogen-bond acceptors (Lipinski definition) is 4. The first kappa shape index (κ1) is 26.9. The first-order valence-electron chi connectivity index (χ1n) is 11.8. The molecule has 0 saturated heterocycles. The number of hydrogen-bond donors (Lipinski definition) is 1. The van der Waals surface area contributed by atoms with Crippen LogP contribution in [0.15, 0.2) is 77.7 Å². The lowest BCUT2D eigenvalue weighted by Gasteiger charge is -2.32. The maximum atomic E-state index is 13.8. The van der Waals surface area contributed by atoms with Gasteiger partial charge >= 0.3 is 0 Å². The summed E-state index contributed by atoms with van der Waals surface area (Å²) in [5, 5.41) is 2.59. The van der Waals surface area contributed by atoms with Crippen molar-refractivity contribution in [1.29, 1.82) is 0 Å². The molecule has 7 nitrogen and oxygen atoms in total. The molecule has 0 fully saturated rings. The Balaban J connectivity index is 2.06. The van der Waals surface area contributed by atoms with E-state index in [2.05, 4.69) is 5.32 Å². The zero-order valence-corrected chi connectivity index (χ0v) is 22.2. The molecule has 0 unspecified atom stereocenters. The van der Waals surface area contributed by atoms with Gasteiger partial charge in [-0.25, -0.2) is 8.42 Å². The number of nitrogens with one attached hydrogen (secondary N) is 1. The highest BCUT2D eigenvalue weighted by Gasteiger charge is 2.33. The third-order valence-electron chi connectivity index (χ3n) is 6.29. The highest BCUT2D eigenvalue weighted by Crippen LogP contribution is 2.27. The monoisotopic (exact) mass is 507 g/mol. The normalized spacial score (nSPS) is 12.0. The number of rotatable bonds is 9. The van der Waals surface area contributed by atoms with Crippen LogP contribution < -0.4 is 9.62 Å². The van der Waals surface area contributed by atoms with Crippen LogP contribution in [0.3, 0.4) is 0 Å². The standard InChI is InChI=1S/C28H33N3O4S/c1-20-14-16-25(17-15-20)36(34,35)31(26-13-9-7-11-22(26)3)19-27(32)30(23(4)28(33)29-5)18-24-12-8-6-10-21(24)2/h6-17,23H,18-19H2,1-5H3,(H,29,33)/t23-/m0/s1. The number of para-hydroxylation sites is 1. The summed E-state index contributed by atoms with van der Waals surface area (Å²) < 4.78 is 28.7. The van der Waals surface area contributed by atoms with Gasteiger partial charge in [0.2, 0.25) is 11.8 Å². The summed E-state index contributed by atoms with van der Waals surface area (Å²) in [6.45, 7) is 6.98. The fourth-order valence-corrected chi connectivity index (χ4v) is 5.44. The van der Waals surface area contributed by atoms with Gasteiger partial charge in [0.05, 0.1) is 10.6 Å². The highest BCUT2D eigenvalue weighted by molar-refractivity contribution is 7.92. The van der Waals surface area contributed by atoms with Gasteiger partial charge in [-0.15, -0.1) is 0 Å². The van der Waals surface area contributed by atoms with Gasteiger partial charge in [0, 0.05) is 13.6 Å². The number of carbonyl (C=O) groups is 2. The van der Waals surface area contributed by atoms with Gasteiger partial charge in [-0.2, -0.15) is 0 Å². The van der Waals surface area contributed by atoms with Crippen molar-refractivity contribution in [3.63, 3.8) is 0 Å². The molecule has 3 aromatic carbocycles. The fourth-order valence-electron chi connectivity index (χ4n) is 3.96. The van der Waals surface area contributed by atoms with Crippen molar-refractivity contribution in [2.24, 2.45) is 0 Å². The molecule has 8 heteroatoms. The van der Waals surface area contributed by atoms with Crippen molar-refractivity contribution >= 4 is 27.5 Å². The first-order chi connectivity index (χ1) is 17.1. The summed E-state index contributed by atoms with van der Waals surface area (Å²) >= 11 is 0. The molecule has 1 N–H and O–H groups in total. The van der Waals surface area contributed by atoms with E-state index < -0.39 is 28.5 Å². The lowest BCUT2D eigenvalue weighted by molar-refractivity contribution is -0.139. The van der Waals surface area contributed by atoms with Crippen LogP contribution in [-0.4, -0.2) is 44.8 Å². The molecule has 0 saturated carbocycles. The van der Waals surface area contributed by atoms with E-state index in [0.717, 1.165) is 21.0 Å². The second-order valence-corrected chi connectivity index (χ2v) is 10.7. The Morgan fingerprint density at radius 1 is 0.861 bits per heavy atom. The van der Waals surface area contributed by atoms with Crippen molar-refractivity contribution in [3.05, 3.63) is 95.1 Å². The zero-order chi connectivity index (χ0) is 26.5. The van der Waals surface area contributed by atoms with E-state index in [4.69, 9.17) is 0 Å². The molecule has 0 aliphatic carbocycles. The van der Waals surface area contributed by atoms with E-state index in [-0.39, 0.29) is 17.3 Å². The second kappa shape index (κ2) is 11.4. The van der Waals surface area contributed by atoms with E-state index in [1.54, 1.807) is 56.3 Å². The average Bonchev–Trinajstić information content (AvgIpc) is 2.86. The van der Waals surface area contributed by atoms with Crippen molar-refractivity contribution < 1.29 is 18.0 Å². The summed E-state index contributed by atoms with van der Waals surface area (Å²) in [5.74, 6) is -0.811. The maximum Gasteiger partial charge on any atom is 0.264 e. The largest absolute Gasteiger partial charge is 0.357 e. The third kappa shape index (κ3) is 5.94. The number of anilines is 1. The number of likely N-dealkylation sites (N-methyl/N-ethyl adjacent to an activating group) is 1. The van der Waals surface area contributed by atoms with Gasteiger partial charge in [-0.1, -0.05) is 60.2 Å². The number of benzene rings is 3. The minimum Gasteiger partial charge on any atom is -0.357 e.